The first-order valence-electron chi connectivity index (χ1n) is 7.05. The SMILES string of the molecule is COC(=O)C[C@H](C)C(F)(F)c1cc2c(F)c(OC)c(OC)cc2s1. The zero-order valence-corrected chi connectivity index (χ0v) is 14.4. The first-order chi connectivity index (χ1) is 11.3. The van der Waals surface area contributed by atoms with Crippen LogP contribution in [0.5, 0.6) is 11.5 Å². The van der Waals surface area contributed by atoms with E-state index in [0.717, 1.165) is 24.5 Å². The van der Waals surface area contributed by atoms with E-state index >= 15 is 0 Å². The number of alkyl halides is 2. The van der Waals surface area contributed by atoms with E-state index in [1.807, 2.05) is 0 Å². The number of methoxy groups -OCH3 is 3. The Kier molecular flexibility index (Phi) is 5.27. The molecule has 24 heavy (non-hydrogen) atoms. The molecule has 1 aromatic heterocycles. The molecule has 1 heterocycles. The molecule has 0 radical (unpaired) electrons. The van der Waals surface area contributed by atoms with Crippen molar-refractivity contribution in [2.24, 2.45) is 5.92 Å². The van der Waals surface area contributed by atoms with E-state index < -0.39 is 30.0 Å². The van der Waals surface area contributed by atoms with Crippen molar-refractivity contribution < 1.29 is 32.2 Å². The smallest absolute Gasteiger partial charge is 0.306 e. The first-order valence-corrected chi connectivity index (χ1v) is 7.87. The number of halogens is 3. The Morgan fingerprint density at radius 2 is 1.92 bits per heavy atom. The van der Waals surface area contributed by atoms with Crippen molar-refractivity contribution in [3.05, 3.63) is 22.8 Å². The van der Waals surface area contributed by atoms with Crippen molar-refractivity contribution in [3.8, 4) is 11.5 Å². The quantitative estimate of drug-likeness (QED) is 0.717. The van der Waals surface area contributed by atoms with Crippen molar-refractivity contribution in [3.63, 3.8) is 0 Å². The summed E-state index contributed by atoms with van der Waals surface area (Å²) in [7, 11) is 3.75. The van der Waals surface area contributed by atoms with Gasteiger partial charge in [-0.1, -0.05) is 6.92 Å². The Morgan fingerprint density at radius 1 is 1.25 bits per heavy atom. The number of thiophene rings is 1. The van der Waals surface area contributed by atoms with E-state index in [1.54, 1.807) is 0 Å². The van der Waals surface area contributed by atoms with Crippen molar-refractivity contribution in [1.29, 1.82) is 0 Å². The normalized spacial score (nSPS) is 13.0. The van der Waals surface area contributed by atoms with Gasteiger partial charge in [0.05, 0.1) is 32.6 Å². The number of carbonyl (C=O) groups excluding carboxylic acids is 1. The molecular formula is C16H17F3O4S. The minimum atomic E-state index is -3.30. The minimum Gasteiger partial charge on any atom is -0.493 e. The highest BCUT2D eigenvalue weighted by Gasteiger charge is 2.41. The summed E-state index contributed by atoms with van der Waals surface area (Å²) in [6.45, 7) is 1.25. The van der Waals surface area contributed by atoms with Crippen LogP contribution in [0.2, 0.25) is 0 Å². The number of benzene rings is 1. The highest BCUT2D eigenvalue weighted by molar-refractivity contribution is 7.19. The van der Waals surface area contributed by atoms with Gasteiger partial charge in [0.2, 0.25) is 0 Å². The zero-order chi connectivity index (χ0) is 18.1. The molecular weight excluding hydrogens is 345 g/mol. The third-order valence-corrected chi connectivity index (χ3v) is 4.92. The standard InChI is InChI=1S/C16H17F3O4S/c1-8(5-13(20)22-3)16(18,19)12-6-9-11(24-12)7-10(21-2)15(23-4)14(9)17/h6-8H,5H2,1-4H3/t8-/m0/s1. The maximum atomic E-state index is 14.6. The Bertz CT molecular complexity index is 757. The lowest BCUT2D eigenvalue weighted by Gasteiger charge is -2.21. The van der Waals surface area contributed by atoms with Gasteiger partial charge in [-0.3, -0.25) is 4.79 Å². The summed E-state index contributed by atoms with van der Waals surface area (Å²) in [6, 6.07) is 2.54. The molecule has 0 aliphatic rings. The van der Waals surface area contributed by atoms with Crippen molar-refractivity contribution in [2.45, 2.75) is 19.3 Å². The van der Waals surface area contributed by atoms with Crippen molar-refractivity contribution in [1.82, 2.24) is 0 Å². The number of ether oxygens (including phenoxy) is 3. The summed E-state index contributed by atoms with van der Waals surface area (Å²) in [6.07, 6.45) is -0.438. The van der Waals surface area contributed by atoms with Crippen LogP contribution in [0.1, 0.15) is 18.2 Å². The number of fused-ring (bicyclic) bond motifs is 1. The van der Waals surface area contributed by atoms with Gasteiger partial charge in [0, 0.05) is 22.1 Å². The molecule has 0 bridgehead atoms. The van der Waals surface area contributed by atoms with Crippen LogP contribution >= 0.6 is 11.3 Å². The van der Waals surface area contributed by atoms with E-state index in [9.17, 15) is 18.0 Å². The fourth-order valence-corrected chi connectivity index (χ4v) is 3.48. The van der Waals surface area contributed by atoms with Gasteiger partial charge in [-0.15, -0.1) is 11.3 Å². The molecule has 1 aromatic carbocycles. The van der Waals surface area contributed by atoms with E-state index in [-0.39, 0.29) is 21.8 Å². The topological polar surface area (TPSA) is 44.8 Å². The van der Waals surface area contributed by atoms with Gasteiger partial charge in [-0.2, -0.15) is 0 Å². The maximum absolute atomic E-state index is 14.6. The Hall–Kier alpha value is -1.96. The first kappa shape index (κ1) is 18.4. The van der Waals surface area contributed by atoms with Crippen LogP contribution in [0.15, 0.2) is 12.1 Å². The molecule has 4 nitrogen and oxygen atoms in total. The van der Waals surface area contributed by atoms with Crippen LogP contribution in [0.4, 0.5) is 13.2 Å². The fourth-order valence-electron chi connectivity index (χ4n) is 2.31. The number of carbonyl (C=O) groups is 1. The van der Waals surface area contributed by atoms with Crippen molar-refractivity contribution in [2.75, 3.05) is 21.3 Å². The van der Waals surface area contributed by atoms with Gasteiger partial charge >= 0.3 is 5.97 Å². The molecule has 2 rings (SSSR count). The maximum Gasteiger partial charge on any atom is 0.306 e. The predicted molar refractivity (Wildman–Crippen MR) is 84.6 cm³/mol. The van der Waals surface area contributed by atoms with E-state index in [1.165, 1.54) is 27.2 Å². The van der Waals surface area contributed by atoms with E-state index in [2.05, 4.69) is 4.74 Å². The molecule has 0 aliphatic heterocycles. The summed E-state index contributed by atoms with van der Waals surface area (Å²) in [4.78, 5) is 10.9. The molecule has 0 saturated heterocycles. The summed E-state index contributed by atoms with van der Waals surface area (Å²) in [5.74, 6) is -6.08. The van der Waals surface area contributed by atoms with Crippen LogP contribution in [0.25, 0.3) is 10.1 Å². The second-order valence-electron chi connectivity index (χ2n) is 5.25. The van der Waals surface area contributed by atoms with Crippen LogP contribution in [0, 0.1) is 11.7 Å². The monoisotopic (exact) mass is 362 g/mol. The molecule has 0 unspecified atom stereocenters. The number of rotatable bonds is 6. The second-order valence-corrected chi connectivity index (χ2v) is 6.34. The molecule has 0 N–H and O–H groups in total. The molecule has 0 saturated carbocycles. The number of hydrogen-bond acceptors (Lipinski definition) is 5. The summed E-state index contributed by atoms with van der Waals surface area (Å²) >= 11 is 0.752. The molecule has 2 aromatic rings. The van der Waals surface area contributed by atoms with Crippen LogP contribution in [-0.4, -0.2) is 27.3 Å². The predicted octanol–water partition coefficient (Wildman–Crippen LogP) is 4.35. The number of esters is 1. The summed E-state index contributed by atoms with van der Waals surface area (Å²) in [5, 5.41) is 0.0255. The Morgan fingerprint density at radius 3 is 2.46 bits per heavy atom. The van der Waals surface area contributed by atoms with Crippen LogP contribution in [-0.2, 0) is 15.5 Å². The highest BCUT2D eigenvalue weighted by Crippen LogP contribution is 2.46. The minimum absolute atomic E-state index is 0.0255. The Balaban J connectivity index is 2.50. The van der Waals surface area contributed by atoms with Gasteiger partial charge < -0.3 is 14.2 Å². The average Bonchev–Trinajstić information content (AvgIpc) is 2.99. The molecule has 1 atom stereocenters. The molecule has 8 heteroatoms. The third-order valence-electron chi connectivity index (χ3n) is 3.75. The van der Waals surface area contributed by atoms with E-state index in [0.29, 0.717) is 4.70 Å². The zero-order valence-electron chi connectivity index (χ0n) is 13.6. The highest BCUT2D eigenvalue weighted by atomic mass is 32.1. The second kappa shape index (κ2) is 6.88. The van der Waals surface area contributed by atoms with Crippen molar-refractivity contribution >= 4 is 27.4 Å². The van der Waals surface area contributed by atoms with Crippen LogP contribution in [0.3, 0.4) is 0 Å². The van der Waals surface area contributed by atoms with E-state index in [4.69, 9.17) is 9.47 Å². The third kappa shape index (κ3) is 3.15. The molecule has 0 fully saturated rings. The lowest BCUT2D eigenvalue weighted by Crippen LogP contribution is -2.25. The lowest BCUT2D eigenvalue weighted by molar-refractivity contribution is -0.146. The van der Waals surface area contributed by atoms with Gasteiger partial charge in [-0.05, 0) is 6.07 Å². The summed E-state index contributed by atoms with van der Waals surface area (Å²) < 4.78 is 58.4. The summed E-state index contributed by atoms with van der Waals surface area (Å²) in [5.41, 5.74) is 0. The van der Waals surface area contributed by atoms with Gasteiger partial charge in [0.1, 0.15) is 0 Å². The molecule has 0 aliphatic carbocycles. The molecule has 0 amide bonds. The Labute approximate surface area is 141 Å². The lowest BCUT2D eigenvalue weighted by atomic mass is 9.98. The molecule has 132 valence electrons. The van der Waals surface area contributed by atoms with Gasteiger partial charge in [-0.25, -0.2) is 13.2 Å². The largest absolute Gasteiger partial charge is 0.493 e. The average molecular weight is 362 g/mol. The fraction of sp³-hybridized carbons (Fsp3) is 0.438. The van der Waals surface area contributed by atoms with Crippen LogP contribution < -0.4 is 9.47 Å². The van der Waals surface area contributed by atoms with Gasteiger partial charge in [0.25, 0.3) is 5.92 Å². The molecule has 0 spiro atoms. The van der Waals surface area contributed by atoms with Gasteiger partial charge in [0.15, 0.2) is 17.3 Å². The number of hydrogen-bond donors (Lipinski definition) is 0.